The second kappa shape index (κ2) is 15.5. The molecule has 0 unspecified atom stereocenters. The van der Waals surface area contributed by atoms with Crippen molar-refractivity contribution in [2.75, 3.05) is 77.5 Å². The number of halogens is 1. The van der Waals surface area contributed by atoms with Crippen LogP contribution in [0, 0.1) is 17.8 Å². The van der Waals surface area contributed by atoms with E-state index in [0.717, 1.165) is 88.6 Å². The van der Waals surface area contributed by atoms with Gasteiger partial charge in [-0.05, 0) is 105 Å². The first-order valence-corrected chi connectivity index (χ1v) is 22.5. The van der Waals surface area contributed by atoms with Gasteiger partial charge in [0.2, 0.25) is 15.9 Å². The van der Waals surface area contributed by atoms with Crippen LogP contribution in [-0.4, -0.2) is 124 Å². The molecule has 11 nitrogen and oxygen atoms in total. The molecule has 4 aliphatic heterocycles. The van der Waals surface area contributed by atoms with E-state index in [9.17, 15) is 18.0 Å². The van der Waals surface area contributed by atoms with Gasteiger partial charge in [-0.1, -0.05) is 36.7 Å². The number of methoxy groups -OCH3 is 1. The Morgan fingerprint density at radius 1 is 1.05 bits per heavy atom. The summed E-state index contributed by atoms with van der Waals surface area (Å²) in [4.78, 5) is 35.5. The molecule has 2 aliphatic carbocycles. The summed E-state index contributed by atoms with van der Waals surface area (Å²) in [5, 5.41) is -0.0679. The van der Waals surface area contributed by atoms with Crippen molar-refractivity contribution in [3.05, 3.63) is 70.3 Å². The van der Waals surface area contributed by atoms with E-state index in [2.05, 4.69) is 43.7 Å². The summed E-state index contributed by atoms with van der Waals surface area (Å²) in [6.45, 7) is 13.1. The third kappa shape index (κ3) is 7.49. The number of allylic oxidation sites excluding steroid dienone is 1. The lowest BCUT2D eigenvalue weighted by atomic mass is 9.63. The minimum atomic E-state index is -3.99. The molecule has 1 saturated carbocycles. The highest BCUT2D eigenvalue weighted by molar-refractivity contribution is 7.90. The quantitative estimate of drug-likeness (QED) is 0.423. The minimum Gasteiger partial charge on any atom is -0.490 e. The molecule has 6 aliphatic rings. The van der Waals surface area contributed by atoms with Gasteiger partial charge in [0, 0.05) is 95.0 Å². The molecule has 0 aromatic heterocycles. The van der Waals surface area contributed by atoms with Crippen LogP contribution in [0.5, 0.6) is 5.75 Å². The van der Waals surface area contributed by atoms with Gasteiger partial charge in [0.15, 0.2) is 0 Å². The lowest BCUT2D eigenvalue weighted by molar-refractivity contribution is -0.134. The van der Waals surface area contributed by atoms with Gasteiger partial charge in [0.25, 0.3) is 5.91 Å². The summed E-state index contributed by atoms with van der Waals surface area (Å²) in [5.74, 6) is 0.452. The number of ether oxygens (including phenoxy) is 2. The number of rotatable bonds is 3. The molecule has 1 spiro atoms. The predicted octanol–water partition coefficient (Wildman–Crippen LogP) is 5.12. The summed E-state index contributed by atoms with van der Waals surface area (Å²) >= 11 is 6.52. The van der Waals surface area contributed by atoms with Crippen LogP contribution in [0.2, 0.25) is 5.02 Å². The zero-order valence-corrected chi connectivity index (χ0v) is 34.9. The van der Waals surface area contributed by atoms with E-state index in [0.29, 0.717) is 43.3 Å². The molecule has 8 rings (SSSR count). The fourth-order valence-corrected chi connectivity index (χ4v) is 12.1. The van der Waals surface area contributed by atoms with E-state index >= 15 is 0 Å². The molecular weight excluding hydrogens is 750 g/mol. The van der Waals surface area contributed by atoms with Crippen LogP contribution in [0.1, 0.15) is 74.4 Å². The first kappa shape index (κ1) is 39.7. The number of benzene rings is 2. The molecule has 0 radical (unpaired) electrons. The highest BCUT2D eigenvalue weighted by Gasteiger charge is 2.50. The van der Waals surface area contributed by atoms with Crippen molar-refractivity contribution in [2.45, 2.75) is 81.6 Å². The van der Waals surface area contributed by atoms with E-state index in [-0.39, 0.29) is 29.2 Å². The number of carbonyl (C=O) groups is 2. The molecule has 13 heteroatoms. The Kier molecular flexibility index (Phi) is 11.0. The summed E-state index contributed by atoms with van der Waals surface area (Å²) in [7, 11) is -2.15. The van der Waals surface area contributed by atoms with E-state index in [1.165, 1.54) is 11.1 Å². The summed E-state index contributed by atoms with van der Waals surface area (Å²) in [5.41, 5.74) is 2.74. The number of aryl methyl sites for hydroxylation is 1. The van der Waals surface area contributed by atoms with Crippen molar-refractivity contribution in [3.8, 4) is 5.75 Å². The van der Waals surface area contributed by atoms with Gasteiger partial charge in [0.1, 0.15) is 11.4 Å². The van der Waals surface area contributed by atoms with Crippen LogP contribution in [0.15, 0.2) is 48.6 Å². The number of nitrogens with zero attached hydrogens (tertiary/aromatic N) is 4. The first-order valence-electron chi connectivity index (χ1n) is 20.6. The van der Waals surface area contributed by atoms with Gasteiger partial charge in [-0.2, -0.15) is 0 Å². The monoisotopic (exact) mass is 807 g/mol. The molecule has 4 heterocycles. The fraction of sp³-hybridized carbons (Fsp3) is 0.628. The van der Waals surface area contributed by atoms with Crippen molar-refractivity contribution in [1.29, 1.82) is 0 Å². The van der Waals surface area contributed by atoms with Crippen molar-refractivity contribution < 1.29 is 27.5 Å². The van der Waals surface area contributed by atoms with Crippen molar-refractivity contribution >= 4 is 39.1 Å². The van der Waals surface area contributed by atoms with Crippen LogP contribution in [0.4, 0.5) is 5.69 Å². The number of amides is 2. The predicted molar refractivity (Wildman–Crippen MR) is 219 cm³/mol. The second-order valence-electron chi connectivity index (χ2n) is 17.6. The van der Waals surface area contributed by atoms with Crippen molar-refractivity contribution in [3.63, 3.8) is 0 Å². The Morgan fingerprint density at radius 3 is 2.64 bits per heavy atom. The molecule has 2 saturated heterocycles. The van der Waals surface area contributed by atoms with Crippen molar-refractivity contribution in [1.82, 2.24) is 19.4 Å². The van der Waals surface area contributed by atoms with Crippen LogP contribution in [-0.2, 0) is 31.4 Å². The smallest absolute Gasteiger partial charge is 0.264 e. The van der Waals surface area contributed by atoms with Gasteiger partial charge >= 0.3 is 0 Å². The Labute approximate surface area is 337 Å². The summed E-state index contributed by atoms with van der Waals surface area (Å²) in [6.07, 6.45) is 9.89. The summed E-state index contributed by atoms with van der Waals surface area (Å²) < 4.78 is 43.2. The lowest BCUT2D eigenvalue weighted by Gasteiger charge is -2.53. The molecule has 56 heavy (non-hydrogen) atoms. The number of hydrogen-bond donors (Lipinski definition) is 1. The third-order valence-corrected chi connectivity index (χ3v) is 16.5. The van der Waals surface area contributed by atoms with E-state index in [4.69, 9.17) is 21.1 Å². The molecule has 1 N–H and O–H groups in total. The third-order valence-electron chi connectivity index (χ3n) is 14.3. The molecule has 304 valence electrons. The van der Waals surface area contributed by atoms with Gasteiger partial charge in [-0.3, -0.25) is 19.4 Å². The van der Waals surface area contributed by atoms with Gasteiger partial charge in [-0.15, -0.1) is 0 Å². The average molecular weight is 808 g/mol. The number of fused-ring (bicyclic) bond motifs is 5. The molecule has 3 fully saturated rings. The fourth-order valence-electron chi connectivity index (χ4n) is 10.6. The largest absolute Gasteiger partial charge is 0.490 e. The molecular formula is C43H58ClN5O6S. The number of piperazine rings is 2. The van der Waals surface area contributed by atoms with Crippen LogP contribution in [0.25, 0.3) is 0 Å². The molecule has 7 atom stereocenters. The minimum absolute atomic E-state index is 0.132. The number of sulfonamides is 1. The van der Waals surface area contributed by atoms with Gasteiger partial charge in [-0.25, -0.2) is 13.1 Å². The van der Waals surface area contributed by atoms with Gasteiger partial charge in [0.05, 0.1) is 17.5 Å². The first-order chi connectivity index (χ1) is 26.8. The van der Waals surface area contributed by atoms with Gasteiger partial charge < -0.3 is 19.3 Å². The zero-order chi connectivity index (χ0) is 39.4. The molecule has 2 bridgehead atoms. The Morgan fingerprint density at radius 2 is 1.88 bits per heavy atom. The normalized spacial score (nSPS) is 34.2. The highest BCUT2D eigenvalue weighted by Crippen LogP contribution is 2.49. The maximum absolute atomic E-state index is 13.7. The Hall–Kier alpha value is -3.16. The number of anilines is 1. The molecule has 2 amide bonds. The maximum atomic E-state index is 13.7. The Bertz CT molecular complexity index is 1980. The average Bonchev–Trinajstić information content (AvgIpc) is 3.31. The van der Waals surface area contributed by atoms with E-state index in [1.807, 2.05) is 37.1 Å². The van der Waals surface area contributed by atoms with E-state index in [1.54, 1.807) is 19.9 Å². The Balaban J connectivity index is 1.17. The van der Waals surface area contributed by atoms with Crippen LogP contribution < -0.4 is 14.4 Å². The van der Waals surface area contributed by atoms with Crippen LogP contribution >= 0.6 is 11.6 Å². The lowest BCUT2D eigenvalue weighted by Crippen LogP contribution is -2.65. The number of hydrogen-bond acceptors (Lipinski definition) is 9. The van der Waals surface area contributed by atoms with Crippen molar-refractivity contribution in [2.24, 2.45) is 17.8 Å². The standard InChI is InChI=1S/C43H58ClN5O6S/c1-29-7-5-16-43(54-4,27-46-17-18-47-19-20-48(31(3)50)25-36(47)24-46)38-12-9-34(38)23-49-26-42(15-6-8-32-21-35(44)11-13-37(32)42)28-55-40-14-10-33(22-39(40)49)41(51)45-56(52,53)30(29)2/h5,10-11,13-14,16,21-22,29-30,34,36,38H,6-9,12,15,17-20,23-28H2,1-4H3,(H,45,51)/b16-5-/t29-,30+,34-,36-,38+,42-,43+/m0/s1. The SMILES string of the molecule is CO[C@@]1(CN2CCN3CCN(C(C)=O)C[C@@H]3C2)/C=C\C[C@H](C)[C@@H](C)S(=O)(=O)NC(=O)c2ccc3c(c2)N(C[C@@H]2CC[C@H]21)C[C@@]1(CCCc2cc(Cl)ccc21)CO3. The second-order valence-corrected chi connectivity index (χ2v) is 20.1. The summed E-state index contributed by atoms with van der Waals surface area (Å²) in [6, 6.07) is 11.9. The molecule has 2 aromatic rings. The maximum Gasteiger partial charge on any atom is 0.264 e. The molecule has 2 aromatic carbocycles. The van der Waals surface area contributed by atoms with E-state index < -0.39 is 26.8 Å². The highest BCUT2D eigenvalue weighted by atomic mass is 35.5. The zero-order valence-electron chi connectivity index (χ0n) is 33.3. The number of carbonyl (C=O) groups excluding carboxylic acids is 2. The van der Waals surface area contributed by atoms with Crippen LogP contribution in [0.3, 0.4) is 0 Å². The topological polar surface area (TPSA) is 112 Å². The number of nitrogens with one attached hydrogen (secondary N) is 1.